The molecule has 7 nitrogen and oxygen atoms in total. The molecule has 0 radical (unpaired) electrons. The van der Waals surface area contributed by atoms with Crippen molar-refractivity contribution < 1.29 is 0 Å². The second-order valence-electron chi connectivity index (χ2n) is 7.43. The van der Waals surface area contributed by atoms with Gasteiger partial charge in [-0.15, -0.1) is 11.3 Å². The lowest BCUT2D eigenvalue weighted by molar-refractivity contribution is 1.10. The average Bonchev–Trinajstić information content (AvgIpc) is 3.50. The van der Waals surface area contributed by atoms with Crippen LogP contribution in [-0.4, -0.2) is 35.1 Å². The lowest BCUT2D eigenvalue weighted by Gasteiger charge is -2.04. The Bertz CT molecular complexity index is 1570. The zero-order valence-corrected chi connectivity index (χ0v) is 17.7. The van der Waals surface area contributed by atoms with E-state index in [0.29, 0.717) is 11.5 Å². The molecule has 0 saturated carbocycles. The van der Waals surface area contributed by atoms with Crippen LogP contribution in [0.5, 0.6) is 0 Å². The number of hydrogen-bond acceptors (Lipinski definition) is 6. The second kappa shape index (κ2) is 6.82. The molecule has 0 aliphatic heterocycles. The Kier molecular flexibility index (Phi) is 3.94. The van der Waals surface area contributed by atoms with Crippen molar-refractivity contribution in [2.24, 2.45) is 0 Å². The van der Waals surface area contributed by atoms with Crippen molar-refractivity contribution in [2.45, 2.75) is 13.8 Å². The fourth-order valence-electron chi connectivity index (χ4n) is 3.78. The van der Waals surface area contributed by atoms with Crippen LogP contribution in [0.25, 0.3) is 55.3 Å². The Morgan fingerprint density at radius 1 is 0.935 bits per heavy atom. The standard InChI is InChI=1S/C23H17N7S/c1-12-5-7-24-10-16(12)17-9-15-18(11-26-17)29-30-21(15)23-27-20-14(6-8-25-22(20)28-23)19-4-3-13(2)31-19/h3-11H,1-2H3,(H,29,30)(H,25,27,28). The van der Waals surface area contributed by atoms with E-state index in [9.17, 15) is 0 Å². The molecule has 6 heterocycles. The highest BCUT2D eigenvalue weighted by molar-refractivity contribution is 7.15. The maximum atomic E-state index is 4.74. The van der Waals surface area contributed by atoms with Crippen molar-refractivity contribution in [3.05, 3.63) is 65.6 Å². The van der Waals surface area contributed by atoms with Crippen LogP contribution in [-0.2, 0) is 0 Å². The van der Waals surface area contributed by atoms with Gasteiger partial charge in [0.15, 0.2) is 11.5 Å². The molecule has 0 fully saturated rings. The van der Waals surface area contributed by atoms with Crippen LogP contribution in [0.4, 0.5) is 0 Å². The predicted octanol–water partition coefficient (Wildman–Crippen LogP) is 5.30. The van der Waals surface area contributed by atoms with Crippen LogP contribution in [0.2, 0.25) is 0 Å². The van der Waals surface area contributed by atoms with Gasteiger partial charge in [-0.2, -0.15) is 5.10 Å². The molecule has 0 aliphatic rings. The summed E-state index contributed by atoms with van der Waals surface area (Å²) in [6, 6.07) is 10.3. The third kappa shape index (κ3) is 2.91. The summed E-state index contributed by atoms with van der Waals surface area (Å²) in [4.78, 5) is 24.0. The molecule has 6 rings (SSSR count). The number of H-pyrrole nitrogens is 2. The van der Waals surface area contributed by atoms with E-state index < -0.39 is 0 Å². The Hall–Kier alpha value is -3.91. The first-order valence-corrected chi connectivity index (χ1v) is 10.7. The maximum Gasteiger partial charge on any atom is 0.178 e. The molecule has 0 atom stereocenters. The van der Waals surface area contributed by atoms with Crippen LogP contribution >= 0.6 is 11.3 Å². The summed E-state index contributed by atoms with van der Waals surface area (Å²) >= 11 is 1.75. The van der Waals surface area contributed by atoms with E-state index in [1.807, 2.05) is 24.4 Å². The van der Waals surface area contributed by atoms with Gasteiger partial charge >= 0.3 is 0 Å². The van der Waals surface area contributed by atoms with Crippen LogP contribution in [0.3, 0.4) is 0 Å². The summed E-state index contributed by atoms with van der Waals surface area (Å²) < 4.78 is 0. The van der Waals surface area contributed by atoms with Gasteiger partial charge in [0, 0.05) is 44.9 Å². The van der Waals surface area contributed by atoms with Gasteiger partial charge in [-0.05, 0) is 49.7 Å². The maximum absolute atomic E-state index is 4.74. The topological polar surface area (TPSA) is 96.0 Å². The van der Waals surface area contributed by atoms with Crippen molar-refractivity contribution in [1.82, 2.24) is 35.1 Å². The molecule has 6 aromatic heterocycles. The highest BCUT2D eigenvalue weighted by Crippen LogP contribution is 2.34. The Morgan fingerprint density at radius 2 is 1.87 bits per heavy atom. The zero-order chi connectivity index (χ0) is 20.9. The second-order valence-corrected chi connectivity index (χ2v) is 8.72. The molecule has 0 unspecified atom stereocenters. The van der Waals surface area contributed by atoms with Crippen molar-refractivity contribution in [3.8, 4) is 33.2 Å². The molecule has 2 N–H and O–H groups in total. The van der Waals surface area contributed by atoms with E-state index in [0.717, 1.165) is 44.5 Å². The fourth-order valence-corrected chi connectivity index (χ4v) is 4.68. The summed E-state index contributed by atoms with van der Waals surface area (Å²) in [5, 5.41) is 8.54. The van der Waals surface area contributed by atoms with Crippen molar-refractivity contribution >= 4 is 33.4 Å². The number of rotatable bonds is 3. The molecular weight excluding hydrogens is 406 g/mol. The molecule has 0 spiro atoms. The quantitative estimate of drug-likeness (QED) is 0.402. The van der Waals surface area contributed by atoms with Gasteiger partial charge < -0.3 is 4.98 Å². The number of imidazole rings is 1. The van der Waals surface area contributed by atoms with Crippen LogP contribution in [0.15, 0.2) is 55.1 Å². The minimum atomic E-state index is 0.673. The summed E-state index contributed by atoms with van der Waals surface area (Å²) in [5.74, 6) is 0.675. The highest BCUT2D eigenvalue weighted by Gasteiger charge is 2.17. The number of nitrogens with one attached hydrogen (secondary N) is 2. The van der Waals surface area contributed by atoms with Crippen LogP contribution in [0, 0.1) is 13.8 Å². The van der Waals surface area contributed by atoms with E-state index in [2.05, 4.69) is 56.1 Å². The number of pyridine rings is 3. The average molecular weight is 424 g/mol. The molecule has 6 aromatic rings. The van der Waals surface area contributed by atoms with E-state index in [1.54, 1.807) is 29.9 Å². The van der Waals surface area contributed by atoms with Crippen molar-refractivity contribution in [3.63, 3.8) is 0 Å². The first-order valence-electron chi connectivity index (χ1n) is 9.84. The molecule has 8 heteroatoms. The Balaban J connectivity index is 1.52. The summed E-state index contributed by atoms with van der Waals surface area (Å²) in [6.07, 6.45) is 7.22. The summed E-state index contributed by atoms with van der Waals surface area (Å²) in [5.41, 5.74) is 7.24. The summed E-state index contributed by atoms with van der Waals surface area (Å²) in [6.45, 7) is 4.16. The molecule has 0 aromatic carbocycles. The van der Waals surface area contributed by atoms with E-state index >= 15 is 0 Å². The van der Waals surface area contributed by atoms with Gasteiger partial charge in [0.05, 0.1) is 22.9 Å². The third-order valence-electron chi connectivity index (χ3n) is 5.38. The van der Waals surface area contributed by atoms with Gasteiger partial charge in [0.1, 0.15) is 5.69 Å². The normalized spacial score (nSPS) is 11.5. The number of aromatic amines is 2. The van der Waals surface area contributed by atoms with Crippen LogP contribution < -0.4 is 0 Å². The smallest absolute Gasteiger partial charge is 0.178 e. The molecule has 0 amide bonds. The largest absolute Gasteiger partial charge is 0.335 e. The van der Waals surface area contributed by atoms with Gasteiger partial charge in [-0.1, -0.05) is 0 Å². The predicted molar refractivity (Wildman–Crippen MR) is 123 cm³/mol. The number of nitrogens with zero attached hydrogens (tertiary/aromatic N) is 5. The Morgan fingerprint density at radius 3 is 2.71 bits per heavy atom. The molecule has 31 heavy (non-hydrogen) atoms. The highest BCUT2D eigenvalue weighted by atomic mass is 32.1. The van der Waals surface area contributed by atoms with E-state index in [1.165, 1.54) is 9.75 Å². The first kappa shape index (κ1) is 17.9. The minimum absolute atomic E-state index is 0.673. The van der Waals surface area contributed by atoms with Gasteiger partial charge in [-0.25, -0.2) is 9.97 Å². The van der Waals surface area contributed by atoms with Gasteiger partial charge in [0.2, 0.25) is 0 Å². The third-order valence-corrected chi connectivity index (χ3v) is 6.42. The lowest BCUT2D eigenvalue weighted by atomic mass is 10.1. The fraction of sp³-hybridized carbons (Fsp3) is 0.0870. The zero-order valence-electron chi connectivity index (χ0n) is 16.8. The molecule has 150 valence electrons. The minimum Gasteiger partial charge on any atom is -0.335 e. The molecule has 0 saturated heterocycles. The van der Waals surface area contributed by atoms with Gasteiger partial charge in [-0.3, -0.25) is 15.1 Å². The van der Waals surface area contributed by atoms with Crippen molar-refractivity contribution in [2.75, 3.05) is 0 Å². The number of aryl methyl sites for hydroxylation is 2. The van der Waals surface area contributed by atoms with Crippen LogP contribution in [0.1, 0.15) is 10.4 Å². The van der Waals surface area contributed by atoms with E-state index in [-0.39, 0.29) is 0 Å². The SMILES string of the molecule is Cc1ccc(-c2ccnc3nc(-c4n[nH]c5cnc(-c6cnccc6C)cc45)[nH]c23)s1. The van der Waals surface area contributed by atoms with E-state index in [4.69, 9.17) is 4.98 Å². The number of fused-ring (bicyclic) bond motifs is 2. The number of thiophene rings is 1. The Labute approximate surface area is 181 Å². The lowest BCUT2D eigenvalue weighted by Crippen LogP contribution is -1.88. The number of aromatic nitrogens is 7. The number of hydrogen-bond donors (Lipinski definition) is 2. The molecule has 0 aliphatic carbocycles. The molecule has 0 bridgehead atoms. The molecular formula is C23H17N7S. The first-order chi connectivity index (χ1) is 15.2. The van der Waals surface area contributed by atoms with Crippen molar-refractivity contribution in [1.29, 1.82) is 0 Å². The monoisotopic (exact) mass is 423 g/mol. The summed E-state index contributed by atoms with van der Waals surface area (Å²) in [7, 11) is 0. The van der Waals surface area contributed by atoms with Gasteiger partial charge in [0.25, 0.3) is 0 Å².